The van der Waals surface area contributed by atoms with E-state index in [2.05, 4.69) is 16.7 Å². The third kappa shape index (κ3) is 4.22. The van der Waals surface area contributed by atoms with Crippen LogP contribution in [0, 0.1) is 5.82 Å². The third-order valence-electron chi connectivity index (χ3n) is 5.78. The number of para-hydroxylation sites is 1. The second-order valence-corrected chi connectivity index (χ2v) is 7.82. The minimum absolute atomic E-state index is 0.0635. The molecule has 5 nitrogen and oxygen atoms in total. The van der Waals surface area contributed by atoms with Crippen molar-refractivity contribution < 1.29 is 19.1 Å². The molecule has 4 rings (SSSR count). The largest absolute Gasteiger partial charge is 0.481 e. The number of rotatable bonds is 7. The first kappa shape index (κ1) is 20.1. The number of benzene rings is 2. The lowest BCUT2D eigenvalue weighted by Crippen LogP contribution is -2.36. The summed E-state index contributed by atoms with van der Waals surface area (Å²) < 4.78 is 15.9. The SMILES string of the molecule is O=C(O)CCCCC(=O)N1CCc2c(n(Cc3cccc(F)c3)c3ccccc23)C1. The average Bonchev–Trinajstić information content (AvgIpc) is 3.04. The molecular formula is C24H25FN2O3. The van der Waals surface area contributed by atoms with E-state index in [0.29, 0.717) is 38.9 Å². The molecule has 156 valence electrons. The zero-order chi connectivity index (χ0) is 21.1. The van der Waals surface area contributed by atoms with Crippen LogP contribution in [0.15, 0.2) is 48.5 Å². The van der Waals surface area contributed by atoms with Crippen LogP contribution < -0.4 is 0 Å². The second-order valence-electron chi connectivity index (χ2n) is 7.82. The standard InChI is InChI=1S/C24H25FN2O3/c25-18-7-5-6-17(14-18)15-27-21-9-2-1-8-19(21)20-12-13-26(16-22(20)27)23(28)10-3-4-11-24(29)30/h1-2,5-9,14H,3-4,10-13,15-16H2,(H,29,30). The molecule has 2 heterocycles. The van der Waals surface area contributed by atoms with Crippen molar-refractivity contribution >= 4 is 22.8 Å². The maximum Gasteiger partial charge on any atom is 0.303 e. The summed E-state index contributed by atoms with van der Waals surface area (Å²) in [6.07, 6.45) is 2.35. The number of carboxylic acids is 1. The highest BCUT2D eigenvalue weighted by Crippen LogP contribution is 2.32. The molecule has 0 fully saturated rings. The van der Waals surface area contributed by atoms with Crippen molar-refractivity contribution in [1.82, 2.24) is 9.47 Å². The van der Waals surface area contributed by atoms with Crippen LogP contribution in [-0.4, -0.2) is 33.0 Å². The monoisotopic (exact) mass is 408 g/mol. The summed E-state index contributed by atoms with van der Waals surface area (Å²) >= 11 is 0. The summed E-state index contributed by atoms with van der Waals surface area (Å²) in [7, 11) is 0. The van der Waals surface area contributed by atoms with E-state index >= 15 is 0 Å². The van der Waals surface area contributed by atoms with Gasteiger partial charge in [0.15, 0.2) is 0 Å². The van der Waals surface area contributed by atoms with Gasteiger partial charge in [-0.1, -0.05) is 30.3 Å². The first-order valence-electron chi connectivity index (χ1n) is 10.4. The molecule has 1 aliphatic rings. The Morgan fingerprint density at radius 2 is 1.83 bits per heavy atom. The minimum atomic E-state index is -0.827. The summed E-state index contributed by atoms with van der Waals surface area (Å²) in [6, 6.07) is 14.8. The van der Waals surface area contributed by atoms with Gasteiger partial charge in [0.05, 0.1) is 6.54 Å². The van der Waals surface area contributed by atoms with E-state index in [-0.39, 0.29) is 18.1 Å². The predicted molar refractivity (Wildman–Crippen MR) is 113 cm³/mol. The molecule has 3 aromatic rings. The quantitative estimate of drug-likeness (QED) is 0.591. The number of aliphatic carboxylic acids is 1. The van der Waals surface area contributed by atoms with Gasteiger partial charge in [-0.25, -0.2) is 4.39 Å². The number of halogens is 1. The van der Waals surface area contributed by atoms with Crippen LogP contribution >= 0.6 is 0 Å². The van der Waals surface area contributed by atoms with Crippen molar-refractivity contribution in [2.24, 2.45) is 0 Å². The van der Waals surface area contributed by atoms with Crippen molar-refractivity contribution in [3.05, 3.63) is 71.2 Å². The number of unbranched alkanes of at least 4 members (excludes halogenated alkanes) is 1. The molecule has 2 aromatic carbocycles. The summed E-state index contributed by atoms with van der Waals surface area (Å²) in [5.74, 6) is -1.02. The van der Waals surface area contributed by atoms with Gasteiger partial charge in [-0.15, -0.1) is 0 Å². The maximum absolute atomic E-state index is 13.7. The Labute approximate surface area is 174 Å². The van der Waals surface area contributed by atoms with Gasteiger partial charge in [0.2, 0.25) is 5.91 Å². The van der Waals surface area contributed by atoms with Gasteiger partial charge >= 0.3 is 5.97 Å². The van der Waals surface area contributed by atoms with E-state index in [9.17, 15) is 14.0 Å². The Balaban J connectivity index is 1.58. The Kier molecular flexibility index (Phi) is 5.84. The number of amides is 1. The fourth-order valence-electron chi connectivity index (χ4n) is 4.32. The van der Waals surface area contributed by atoms with Crippen LogP contribution in [0.25, 0.3) is 10.9 Å². The molecule has 0 spiro atoms. The van der Waals surface area contributed by atoms with E-state index < -0.39 is 5.97 Å². The molecule has 6 heteroatoms. The highest BCUT2D eigenvalue weighted by molar-refractivity contribution is 5.86. The Bertz CT molecular complexity index is 1090. The highest BCUT2D eigenvalue weighted by Gasteiger charge is 2.26. The molecule has 0 atom stereocenters. The fraction of sp³-hybridized carbons (Fsp3) is 0.333. The number of fused-ring (bicyclic) bond motifs is 3. The van der Waals surface area contributed by atoms with Gasteiger partial charge < -0.3 is 14.6 Å². The first-order chi connectivity index (χ1) is 14.5. The molecule has 30 heavy (non-hydrogen) atoms. The van der Waals surface area contributed by atoms with Gasteiger partial charge in [-0.2, -0.15) is 0 Å². The van der Waals surface area contributed by atoms with Crippen LogP contribution in [0.1, 0.15) is 42.5 Å². The molecule has 1 N–H and O–H groups in total. The first-order valence-corrected chi connectivity index (χ1v) is 10.4. The second kappa shape index (κ2) is 8.69. The normalized spacial score (nSPS) is 13.4. The zero-order valence-corrected chi connectivity index (χ0v) is 16.8. The number of carbonyl (C=O) groups is 2. The van der Waals surface area contributed by atoms with Gasteiger partial charge in [0.25, 0.3) is 0 Å². The van der Waals surface area contributed by atoms with Crippen molar-refractivity contribution in [3.63, 3.8) is 0 Å². The number of hydrogen-bond donors (Lipinski definition) is 1. The molecule has 0 saturated heterocycles. The lowest BCUT2D eigenvalue weighted by Gasteiger charge is -2.29. The van der Waals surface area contributed by atoms with Gasteiger partial charge in [-0.05, 0) is 48.6 Å². The number of aromatic nitrogens is 1. The number of carboxylic acid groups (broad SMARTS) is 1. The van der Waals surface area contributed by atoms with Gasteiger partial charge in [0, 0.05) is 42.5 Å². The maximum atomic E-state index is 13.7. The summed E-state index contributed by atoms with van der Waals surface area (Å²) in [5, 5.41) is 9.95. The van der Waals surface area contributed by atoms with E-state index in [0.717, 1.165) is 23.2 Å². The Morgan fingerprint density at radius 1 is 1.03 bits per heavy atom. The van der Waals surface area contributed by atoms with Crippen molar-refractivity contribution in [3.8, 4) is 0 Å². The Hall–Kier alpha value is -3.15. The van der Waals surface area contributed by atoms with Crippen LogP contribution in [0.3, 0.4) is 0 Å². The predicted octanol–water partition coefficient (Wildman–Crippen LogP) is 4.36. The molecule has 0 radical (unpaired) electrons. The molecule has 0 unspecified atom stereocenters. The van der Waals surface area contributed by atoms with Crippen LogP contribution in [0.2, 0.25) is 0 Å². The van der Waals surface area contributed by atoms with E-state index in [1.807, 2.05) is 23.1 Å². The molecular weight excluding hydrogens is 383 g/mol. The van der Waals surface area contributed by atoms with Gasteiger partial charge in [0.1, 0.15) is 5.82 Å². The smallest absolute Gasteiger partial charge is 0.303 e. The van der Waals surface area contributed by atoms with Crippen molar-refractivity contribution in [2.75, 3.05) is 6.54 Å². The number of carbonyl (C=O) groups excluding carboxylic acids is 1. The molecule has 0 bridgehead atoms. The molecule has 1 aliphatic heterocycles. The lowest BCUT2D eigenvalue weighted by atomic mass is 10.0. The lowest BCUT2D eigenvalue weighted by molar-refractivity contribution is -0.137. The van der Waals surface area contributed by atoms with E-state index in [1.54, 1.807) is 12.1 Å². The number of nitrogens with zero attached hydrogens (tertiary/aromatic N) is 2. The molecule has 0 aliphatic carbocycles. The topological polar surface area (TPSA) is 62.5 Å². The van der Waals surface area contributed by atoms with Crippen molar-refractivity contribution in [2.45, 2.75) is 45.2 Å². The fourth-order valence-corrected chi connectivity index (χ4v) is 4.32. The average molecular weight is 408 g/mol. The molecule has 1 amide bonds. The van der Waals surface area contributed by atoms with E-state index in [1.165, 1.54) is 17.0 Å². The minimum Gasteiger partial charge on any atom is -0.481 e. The van der Waals surface area contributed by atoms with Crippen LogP contribution in [0.5, 0.6) is 0 Å². The Morgan fingerprint density at radius 3 is 2.63 bits per heavy atom. The summed E-state index contributed by atoms with van der Waals surface area (Å²) in [6.45, 7) is 1.74. The van der Waals surface area contributed by atoms with Crippen LogP contribution in [0.4, 0.5) is 4.39 Å². The zero-order valence-electron chi connectivity index (χ0n) is 16.8. The summed E-state index contributed by atoms with van der Waals surface area (Å²) in [5.41, 5.74) is 4.35. The molecule has 0 saturated carbocycles. The van der Waals surface area contributed by atoms with Crippen LogP contribution in [-0.2, 0) is 29.1 Å². The molecule has 1 aromatic heterocycles. The van der Waals surface area contributed by atoms with E-state index in [4.69, 9.17) is 5.11 Å². The third-order valence-corrected chi connectivity index (χ3v) is 5.78. The van der Waals surface area contributed by atoms with Gasteiger partial charge in [-0.3, -0.25) is 9.59 Å². The van der Waals surface area contributed by atoms with Crippen molar-refractivity contribution in [1.29, 1.82) is 0 Å². The highest BCUT2D eigenvalue weighted by atomic mass is 19.1. The number of hydrogen-bond acceptors (Lipinski definition) is 2. The summed E-state index contributed by atoms with van der Waals surface area (Å²) in [4.78, 5) is 25.2.